The maximum absolute atomic E-state index is 15.0. The van der Waals surface area contributed by atoms with E-state index in [-0.39, 0.29) is 6.42 Å². The molecule has 1 aliphatic heterocycles. The van der Waals surface area contributed by atoms with Crippen molar-refractivity contribution >= 4 is 17.9 Å². The topological polar surface area (TPSA) is 94.2 Å². The molecule has 1 aliphatic rings. The maximum Gasteiger partial charge on any atom is 0.411 e. The van der Waals surface area contributed by atoms with Gasteiger partial charge in [0.05, 0.1) is 11.7 Å². The molecule has 192 valence electrons. The second kappa shape index (κ2) is 11.8. The van der Waals surface area contributed by atoms with Crippen LogP contribution in [-0.2, 0) is 14.3 Å². The number of amidine groups is 1. The van der Waals surface area contributed by atoms with Crippen LogP contribution < -0.4 is 5.73 Å². The second-order valence-corrected chi connectivity index (χ2v) is 9.69. The fourth-order valence-corrected chi connectivity index (χ4v) is 4.07. The highest BCUT2D eigenvalue weighted by atomic mass is 19.1. The molecule has 3 unspecified atom stereocenters. The molecule has 3 atom stereocenters. The maximum atomic E-state index is 15.0. The van der Waals surface area contributed by atoms with E-state index in [1.54, 1.807) is 27.7 Å². The molecule has 1 amide bonds. The first kappa shape index (κ1) is 26.9. The Hall–Kier alpha value is -3.68. The lowest BCUT2D eigenvalue weighted by atomic mass is 9.90. The van der Waals surface area contributed by atoms with Crippen LogP contribution in [0.25, 0.3) is 0 Å². The average Bonchev–Trinajstić information content (AvgIpc) is 2.82. The quantitative estimate of drug-likeness (QED) is 0.232. The van der Waals surface area contributed by atoms with Crippen molar-refractivity contribution in [2.75, 3.05) is 6.54 Å². The van der Waals surface area contributed by atoms with Crippen LogP contribution >= 0.6 is 0 Å². The van der Waals surface area contributed by atoms with Crippen LogP contribution in [0.5, 0.6) is 0 Å². The van der Waals surface area contributed by atoms with Crippen molar-refractivity contribution in [2.24, 2.45) is 10.7 Å². The lowest BCUT2D eigenvalue weighted by molar-refractivity contribution is -0.174. The SMILES string of the molecule is CC(N)=NCC/C=C(\F)CC1C(=O)OC(c2ccccc2)C(c2ccccc2)N1C(=O)OC(C)(C)C. The fourth-order valence-electron chi connectivity index (χ4n) is 4.07. The number of amides is 1. The van der Waals surface area contributed by atoms with Crippen molar-refractivity contribution in [3.8, 4) is 0 Å². The van der Waals surface area contributed by atoms with Gasteiger partial charge in [-0.1, -0.05) is 66.7 Å². The van der Waals surface area contributed by atoms with E-state index in [4.69, 9.17) is 15.2 Å². The number of halogens is 1. The van der Waals surface area contributed by atoms with Crippen molar-refractivity contribution in [3.05, 3.63) is 83.7 Å². The second-order valence-electron chi connectivity index (χ2n) is 9.69. The van der Waals surface area contributed by atoms with Gasteiger partial charge >= 0.3 is 12.1 Å². The largest absolute Gasteiger partial charge is 0.453 e. The Morgan fingerprint density at radius 1 is 1.11 bits per heavy atom. The summed E-state index contributed by atoms with van der Waals surface area (Å²) in [6, 6.07) is 16.5. The average molecular weight is 496 g/mol. The molecule has 1 fully saturated rings. The summed E-state index contributed by atoms with van der Waals surface area (Å²) in [6.07, 6.45) is -0.181. The van der Waals surface area contributed by atoms with Crippen molar-refractivity contribution in [1.29, 1.82) is 0 Å². The molecule has 0 spiro atoms. The smallest absolute Gasteiger partial charge is 0.411 e. The zero-order valence-corrected chi connectivity index (χ0v) is 21.2. The fraction of sp³-hybridized carbons (Fsp3) is 0.393. The van der Waals surface area contributed by atoms with Gasteiger partial charge in [-0.05, 0) is 45.2 Å². The van der Waals surface area contributed by atoms with Gasteiger partial charge in [-0.25, -0.2) is 14.0 Å². The standard InChI is InChI=1S/C28H34FN3O4/c1-19(30)31-17-11-16-22(29)18-23-26(33)35-25(21-14-9-6-10-15-21)24(20-12-7-5-8-13-20)32(23)27(34)36-28(2,3)4/h5-10,12-16,23-25H,11,17-18H2,1-4H3,(H2,30,31)/b22-16-. The zero-order chi connectivity index (χ0) is 26.3. The predicted octanol–water partition coefficient (Wildman–Crippen LogP) is 5.64. The van der Waals surface area contributed by atoms with Gasteiger partial charge in [-0.3, -0.25) is 9.89 Å². The van der Waals surface area contributed by atoms with Crippen LogP contribution in [0.1, 0.15) is 63.8 Å². The number of ether oxygens (including phenoxy) is 2. The molecule has 2 N–H and O–H groups in total. The number of rotatable bonds is 7. The van der Waals surface area contributed by atoms with E-state index in [1.807, 2.05) is 60.7 Å². The van der Waals surface area contributed by atoms with E-state index in [1.165, 1.54) is 11.0 Å². The highest BCUT2D eigenvalue weighted by molar-refractivity contribution is 5.84. The molecule has 1 heterocycles. The molecule has 0 bridgehead atoms. The van der Waals surface area contributed by atoms with E-state index in [2.05, 4.69) is 4.99 Å². The molecule has 0 aliphatic carbocycles. The predicted molar refractivity (Wildman–Crippen MR) is 137 cm³/mol. The molecule has 0 saturated carbocycles. The summed E-state index contributed by atoms with van der Waals surface area (Å²) < 4.78 is 26.6. The monoisotopic (exact) mass is 495 g/mol. The first-order valence-corrected chi connectivity index (χ1v) is 12.0. The molecule has 7 nitrogen and oxygen atoms in total. The summed E-state index contributed by atoms with van der Waals surface area (Å²) in [7, 11) is 0. The molecule has 0 radical (unpaired) electrons. The summed E-state index contributed by atoms with van der Waals surface area (Å²) in [5.41, 5.74) is 6.17. The third kappa shape index (κ3) is 7.16. The first-order valence-electron chi connectivity index (χ1n) is 12.0. The minimum atomic E-state index is -1.21. The number of hydrogen-bond acceptors (Lipinski definition) is 5. The van der Waals surface area contributed by atoms with Crippen LogP contribution in [0, 0.1) is 0 Å². The van der Waals surface area contributed by atoms with E-state index in [9.17, 15) is 9.59 Å². The minimum absolute atomic E-state index is 0.309. The third-order valence-electron chi connectivity index (χ3n) is 5.56. The van der Waals surface area contributed by atoms with Gasteiger partial charge < -0.3 is 15.2 Å². The number of carbonyl (C=O) groups is 2. The number of aliphatic imine (C=N–C) groups is 1. The number of nitrogens with zero attached hydrogens (tertiary/aromatic N) is 2. The summed E-state index contributed by atoms with van der Waals surface area (Å²) in [5.74, 6) is -0.824. The highest BCUT2D eigenvalue weighted by Crippen LogP contribution is 2.44. The Balaban J connectivity index is 2.04. The molecular weight excluding hydrogens is 461 g/mol. The van der Waals surface area contributed by atoms with Crippen LogP contribution in [0.3, 0.4) is 0 Å². The van der Waals surface area contributed by atoms with Crippen LogP contribution in [0.15, 0.2) is 77.6 Å². The molecule has 8 heteroatoms. The number of esters is 1. The number of hydrogen-bond donors (Lipinski definition) is 1. The van der Waals surface area contributed by atoms with Crippen LogP contribution in [-0.4, -0.2) is 41.0 Å². The van der Waals surface area contributed by atoms with E-state index in [0.717, 1.165) is 11.1 Å². The van der Waals surface area contributed by atoms with Crippen molar-refractivity contribution in [1.82, 2.24) is 4.90 Å². The summed E-state index contributed by atoms with van der Waals surface area (Å²) in [4.78, 5) is 32.2. The van der Waals surface area contributed by atoms with Gasteiger partial charge in [0, 0.05) is 13.0 Å². The van der Waals surface area contributed by atoms with Crippen LogP contribution in [0.4, 0.5) is 9.18 Å². The molecule has 2 aromatic rings. The lowest BCUT2D eigenvalue weighted by Gasteiger charge is -2.45. The van der Waals surface area contributed by atoms with Crippen LogP contribution in [0.2, 0.25) is 0 Å². The molecule has 1 saturated heterocycles. The van der Waals surface area contributed by atoms with Gasteiger partial charge in [0.15, 0.2) is 6.10 Å². The van der Waals surface area contributed by atoms with E-state index >= 15 is 4.39 Å². The van der Waals surface area contributed by atoms with Crippen molar-refractivity contribution in [2.45, 2.75) is 64.3 Å². The number of carbonyl (C=O) groups excluding carboxylic acids is 2. The number of cyclic esters (lactones) is 1. The Labute approximate surface area is 211 Å². The van der Waals surface area contributed by atoms with Gasteiger partial charge in [0.1, 0.15) is 17.7 Å². The normalized spacial score (nSPS) is 21.2. The highest BCUT2D eigenvalue weighted by Gasteiger charge is 2.49. The summed E-state index contributed by atoms with van der Waals surface area (Å²) >= 11 is 0. The Morgan fingerprint density at radius 3 is 2.25 bits per heavy atom. The molecular formula is C28H34FN3O4. The lowest BCUT2D eigenvalue weighted by Crippen LogP contribution is -2.55. The number of morpholine rings is 1. The molecule has 2 aromatic carbocycles. The van der Waals surface area contributed by atoms with Crippen molar-refractivity contribution in [3.63, 3.8) is 0 Å². The molecule has 36 heavy (non-hydrogen) atoms. The Morgan fingerprint density at radius 2 is 1.69 bits per heavy atom. The summed E-state index contributed by atoms with van der Waals surface area (Å²) in [5, 5.41) is 0. The van der Waals surface area contributed by atoms with Gasteiger partial charge in [0.2, 0.25) is 0 Å². The van der Waals surface area contributed by atoms with Gasteiger partial charge in [-0.2, -0.15) is 0 Å². The molecule has 3 rings (SSSR count). The minimum Gasteiger partial charge on any atom is -0.453 e. The summed E-state index contributed by atoms with van der Waals surface area (Å²) in [6.45, 7) is 7.21. The van der Waals surface area contributed by atoms with Crippen molar-refractivity contribution < 1.29 is 23.5 Å². The first-order chi connectivity index (χ1) is 17.1. The molecule has 0 aromatic heterocycles. The van der Waals surface area contributed by atoms with E-state index < -0.39 is 41.7 Å². The number of benzene rings is 2. The van der Waals surface area contributed by atoms with E-state index in [0.29, 0.717) is 18.8 Å². The third-order valence-corrected chi connectivity index (χ3v) is 5.56. The Kier molecular flexibility index (Phi) is 8.85. The van der Waals surface area contributed by atoms with Gasteiger partial charge in [-0.15, -0.1) is 0 Å². The van der Waals surface area contributed by atoms with Gasteiger partial charge in [0.25, 0.3) is 0 Å². The number of nitrogens with two attached hydrogens (primary N) is 1. The Bertz CT molecular complexity index is 1090. The zero-order valence-electron chi connectivity index (χ0n) is 21.2.